The minimum atomic E-state index is -0.548. The predicted octanol–water partition coefficient (Wildman–Crippen LogP) is 0.952. The van der Waals surface area contributed by atoms with Gasteiger partial charge in [-0.05, 0) is 11.3 Å². The quantitative estimate of drug-likeness (QED) is 0.565. The highest BCUT2D eigenvalue weighted by molar-refractivity contribution is 5.14. The van der Waals surface area contributed by atoms with E-state index in [1.165, 1.54) is 17.1 Å². The van der Waals surface area contributed by atoms with Gasteiger partial charge in [0.05, 0.1) is 6.10 Å². The van der Waals surface area contributed by atoms with Crippen LogP contribution in [0.4, 0.5) is 5.82 Å². The highest BCUT2D eigenvalue weighted by Crippen LogP contribution is 2.11. The molecule has 0 fully saturated rings. The highest BCUT2D eigenvalue weighted by atomic mass is 16.6. The maximum absolute atomic E-state index is 10.5. The number of hydrogen-bond donors (Lipinski definition) is 1. The van der Waals surface area contributed by atoms with Crippen LogP contribution in [0.1, 0.15) is 19.8 Å². The first-order valence-corrected chi connectivity index (χ1v) is 4.47. The standard InChI is InChI=1S/C8H13N3O3/c1-2-3-7(12)5-10-6-9-4-8(10)11(13)14/h4,6-7,12H,2-3,5H2,1H3. The first-order valence-electron chi connectivity index (χ1n) is 4.47. The summed E-state index contributed by atoms with van der Waals surface area (Å²) in [6.45, 7) is 2.18. The molecule has 6 nitrogen and oxygen atoms in total. The maximum atomic E-state index is 10.5. The molecule has 14 heavy (non-hydrogen) atoms. The van der Waals surface area contributed by atoms with Crippen LogP contribution in [-0.2, 0) is 6.54 Å². The van der Waals surface area contributed by atoms with E-state index in [4.69, 9.17) is 0 Å². The van der Waals surface area contributed by atoms with Crippen LogP contribution in [0, 0.1) is 10.1 Å². The van der Waals surface area contributed by atoms with Gasteiger partial charge in [0.2, 0.25) is 0 Å². The van der Waals surface area contributed by atoms with E-state index >= 15 is 0 Å². The van der Waals surface area contributed by atoms with Crippen LogP contribution < -0.4 is 0 Å². The van der Waals surface area contributed by atoms with E-state index in [1.54, 1.807) is 0 Å². The van der Waals surface area contributed by atoms with Crippen LogP contribution in [0.15, 0.2) is 12.5 Å². The fourth-order valence-corrected chi connectivity index (χ4v) is 1.26. The lowest BCUT2D eigenvalue weighted by atomic mass is 10.2. The fourth-order valence-electron chi connectivity index (χ4n) is 1.26. The van der Waals surface area contributed by atoms with Crippen molar-refractivity contribution >= 4 is 5.82 Å². The fraction of sp³-hybridized carbons (Fsp3) is 0.625. The van der Waals surface area contributed by atoms with E-state index in [0.717, 1.165) is 6.42 Å². The first-order chi connectivity index (χ1) is 6.65. The molecule has 1 unspecified atom stereocenters. The molecule has 0 amide bonds. The van der Waals surface area contributed by atoms with E-state index in [0.29, 0.717) is 6.42 Å². The molecule has 0 radical (unpaired) electrons. The zero-order valence-electron chi connectivity index (χ0n) is 7.96. The van der Waals surface area contributed by atoms with E-state index in [9.17, 15) is 15.2 Å². The zero-order chi connectivity index (χ0) is 10.6. The van der Waals surface area contributed by atoms with Gasteiger partial charge in [-0.2, -0.15) is 0 Å². The Morgan fingerprint density at radius 3 is 3.07 bits per heavy atom. The van der Waals surface area contributed by atoms with Crippen LogP contribution in [0.5, 0.6) is 0 Å². The highest BCUT2D eigenvalue weighted by Gasteiger charge is 2.15. The van der Waals surface area contributed by atoms with Gasteiger partial charge in [0.25, 0.3) is 0 Å². The molecule has 1 atom stereocenters. The zero-order valence-corrected chi connectivity index (χ0v) is 7.96. The number of rotatable bonds is 5. The van der Waals surface area contributed by atoms with Gasteiger partial charge in [-0.15, -0.1) is 0 Å². The van der Waals surface area contributed by atoms with Crippen molar-refractivity contribution in [2.75, 3.05) is 0 Å². The summed E-state index contributed by atoms with van der Waals surface area (Å²) in [6.07, 6.45) is 3.47. The summed E-state index contributed by atoms with van der Waals surface area (Å²) >= 11 is 0. The Morgan fingerprint density at radius 2 is 2.50 bits per heavy atom. The Balaban J connectivity index is 2.66. The topological polar surface area (TPSA) is 81.2 Å². The number of aliphatic hydroxyl groups is 1. The molecule has 0 aromatic carbocycles. The molecule has 0 spiro atoms. The lowest BCUT2D eigenvalue weighted by molar-refractivity contribution is -0.392. The van der Waals surface area contributed by atoms with Crippen LogP contribution in [0.3, 0.4) is 0 Å². The molecule has 0 saturated carbocycles. The van der Waals surface area contributed by atoms with E-state index < -0.39 is 11.0 Å². The molecule has 6 heteroatoms. The summed E-state index contributed by atoms with van der Waals surface area (Å²) in [6, 6.07) is 0. The third kappa shape index (κ3) is 2.53. The van der Waals surface area contributed by atoms with Crippen molar-refractivity contribution in [2.24, 2.45) is 0 Å². The molecule has 0 aliphatic rings. The molecular weight excluding hydrogens is 186 g/mol. The minimum absolute atomic E-state index is 0.0832. The van der Waals surface area contributed by atoms with Crippen molar-refractivity contribution in [1.82, 2.24) is 9.55 Å². The van der Waals surface area contributed by atoms with Gasteiger partial charge in [-0.25, -0.2) is 9.55 Å². The van der Waals surface area contributed by atoms with Crippen molar-refractivity contribution < 1.29 is 10.0 Å². The molecule has 1 aromatic rings. The third-order valence-corrected chi connectivity index (χ3v) is 1.91. The Hall–Kier alpha value is -1.43. The van der Waals surface area contributed by atoms with Crippen molar-refractivity contribution in [2.45, 2.75) is 32.4 Å². The molecule has 0 saturated heterocycles. The first kappa shape index (κ1) is 10.6. The van der Waals surface area contributed by atoms with E-state index in [2.05, 4.69) is 4.98 Å². The number of hydrogen-bond acceptors (Lipinski definition) is 4. The minimum Gasteiger partial charge on any atom is -0.389 e. The second-order valence-electron chi connectivity index (χ2n) is 3.10. The average molecular weight is 199 g/mol. The summed E-state index contributed by atoms with van der Waals surface area (Å²) in [7, 11) is 0. The van der Waals surface area contributed by atoms with Gasteiger partial charge >= 0.3 is 5.82 Å². The van der Waals surface area contributed by atoms with Gasteiger partial charge < -0.3 is 15.2 Å². The smallest absolute Gasteiger partial charge is 0.342 e. The Bertz CT molecular complexity index is 311. The van der Waals surface area contributed by atoms with Crippen LogP contribution >= 0.6 is 0 Å². The summed E-state index contributed by atoms with van der Waals surface area (Å²) in [4.78, 5) is 13.6. The predicted molar refractivity (Wildman–Crippen MR) is 49.8 cm³/mol. The molecule has 1 N–H and O–H groups in total. The largest absolute Gasteiger partial charge is 0.389 e. The second-order valence-corrected chi connectivity index (χ2v) is 3.10. The van der Waals surface area contributed by atoms with E-state index in [-0.39, 0.29) is 12.4 Å². The van der Waals surface area contributed by atoms with Crippen molar-refractivity contribution in [3.8, 4) is 0 Å². The molecule has 78 valence electrons. The lowest BCUT2D eigenvalue weighted by Gasteiger charge is -2.06. The second kappa shape index (κ2) is 4.71. The Kier molecular flexibility index (Phi) is 3.58. The summed E-state index contributed by atoms with van der Waals surface area (Å²) in [5.74, 6) is -0.0832. The molecule has 0 aliphatic heterocycles. The summed E-state index contributed by atoms with van der Waals surface area (Å²) in [5, 5.41) is 19.9. The van der Waals surface area contributed by atoms with Crippen molar-refractivity contribution in [3.05, 3.63) is 22.6 Å². The average Bonchev–Trinajstić information content (AvgIpc) is 2.52. The summed E-state index contributed by atoms with van der Waals surface area (Å²) in [5.41, 5.74) is 0. The van der Waals surface area contributed by atoms with Crippen LogP contribution in [0.2, 0.25) is 0 Å². The normalized spacial score (nSPS) is 12.7. The Morgan fingerprint density at radius 1 is 1.79 bits per heavy atom. The number of aliphatic hydroxyl groups excluding tert-OH is 1. The van der Waals surface area contributed by atoms with Gasteiger partial charge in [0.1, 0.15) is 12.7 Å². The molecule has 1 aromatic heterocycles. The van der Waals surface area contributed by atoms with Gasteiger partial charge in [0, 0.05) is 0 Å². The monoisotopic (exact) mass is 199 g/mol. The van der Waals surface area contributed by atoms with Crippen molar-refractivity contribution in [1.29, 1.82) is 0 Å². The Labute approximate surface area is 81.3 Å². The van der Waals surface area contributed by atoms with Gasteiger partial charge in [-0.3, -0.25) is 0 Å². The lowest BCUT2D eigenvalue weighted by Crippen LogP contribution is -2.16. The molecule has 0 bridgehead atoms. The van der Waals surface area contributed by atoms with Gasteiger partial charge in [-0.1, -0.05) is 13.3 Å². The maximum Gasteiger partial charge on any atom is 0.342 e. The van der Waals surface area contributed by atoms with Gasteiger partial charge in [0.15, 0.2) is 6.33 Å². The summed E-state index contributed by atoms with van der Waals surface area (Å²) < 4.78 is 1.35. The van der Waals surface area contributed by atoms with Crippen LogP contribution in [-0.4, -0.2) is 25.7 Å². The van der Waals surface area contributed by atoms with Crippen LogP contribution in [0.25, 0.3) is 0 Å². The SMILES string of the molecule is CCCC(O)Cn1cncc1[N+](=O)[O-]. The number of nitrogens with zero attached hydrogens (tertiary/aromatic N) is 3. The number of aromatic nitrogens is 2. The van der Waals surface area contributed by atoms with Crippen molar-refractivity contribution in [3.63, 3.8) is 0 Å². The molecular formula is C8H13N3O3. The molecule has 1 rings (SSSR count). The number of nitro groups is 1. The third-order valence-electron chi connectivity index (χ3n) is 1.91. The number of imidazole rings is 1. The molecule has 1 heterocycles. The molecule has 0 aliphatic carbocycles. The van der Waals surface area contributed by atoms with E-state index in [1.807, 2.05) is 6.92 Å².